The van der Waals surface area contributed by atoms with Gasteiger partial charge in [-0.15, -0.1) is 0 Å². The van der Waals surface area contributed by atoms with E-state index < -0.39 is 47.5 Å². The smallest absolute Gasteiger partial charge is 0.352 e. The van der Waals surface area contributed by atoms with Crippen LogP contribution in [0, 0.1) is 11.8 Å². The van der Waals surface area contributed by atoms with Crippen LogP contribution in [0.25, 0.3) is 6.08 Å². The Morgan fingerprint density at radius 3 is 2.25 bits per heavy atom. The summed E-state index contributed by atoms with van der Waals surface area (Å²) < 4.78 is 40.0. The molecule has 3 aliphatic rings. The molecular weight excluding hydrogens is 469 g/mol. The van der Waals surface area contributed by atoms with Crippen molar-refractivity contribution < 1.29 is 27.6 Å². The zero-order valence-electron chi connectivity index (χ0n) is 18.7. The Kier molecular flexibility index (Phi) is 4.90. The van der Waals surface area contributed by atoms with Crippen molar-refractivity contribution in [1.82, 2.24) is 0 Å². The molecule has 3 aromatic carbocycles. The SMILES string of the molecule is O=C(c1ccccc1)[C@@H]1[C@@H]2C(=O)N(c3cccc(C(F)(F)F)c3)C(=O)[C@H]2[C@@H]2C=Cc3ccccc3N12. The Morgan fingerprint density at radius 1 is 0.806 bits per heavy atom. The number of hydrogen-bond acceptors (Lipinski definition) is 4. The minimum absolute atomic E-state index is 0.146. The van der Waals surface area contributed by atoms with Crippen molar-refractivity contribution in [3.8, 4) is 0 Å². The van der Waals surface area contributed by atoms with Gasteiger partial charge in [-0.3, -0.25) is 14.4 Å². The maximum absolute atomic E-state index is 13.8. The largest absolute Gasteiger partial charge is 0.416 e. The van der Waals surface area contributed by atoms with Crippen LogP contribution in [-0.2, 0) is 15.8 Å². The molecule has 0 N–H and O–H groups in total. The second-order valence-electron chi connectivity index (χ2n) is 9.10. The third-order valence-electron chi connectivity index (χ3n) is 7.17. The lowest BCUT2D eigenvalue weighted by Crippen LogP contribution is -2.48. The van der Waals surface area contributed by atoms with E-state index in [1.54, 1.807) is 36.4 Å². The molecule has 2 amide bonds. The van der Waals surface area contributed by atoms with Gasteiger partial charge in [-0.05, 0) is 29.8 Å². The normalized spacial score (nSPS) is 24.5. The fourth-order valence-corrected chi connectivity index (χ4v) is 5.66. The Balaban J connectivity index is 1.48. The molecule has 3 heterocycles. The second kappa shape index (κ2) is 7.91. The van der Waals surface area contributed by atoms with E-state index in [0.29, 0.717) is 5.56 Å². The van der Waals surface area contributed by atoms with Gasteiger partial charge in [0.2, 0.25) is 11.8 Å². The van der Waals surface area contributed by atoms with E-state index >= 15 is 0 Å². The highest BCUT2D eigenvalue weighted by molar-refractivity contribution is 6.25. The molecule has 0 unspecified atom stereocenters. The minimum atomic E-state index is -4.63. The highest BCUT2D eigenvalue weighted by atomic mass is 19.4. The summed E-state index contributed by atoms with van der Waals surface area (Å²) in [5.41, 5.74) is 0.885. The number of ketones is 1. The summed E-state index contributed by atoms with van der Waals surface area (Å²) in [5.74, 6) is -3.54. The molecule has 5 nitrogen and oxygen atoms in total. The van der Waals surface area contributed by atoms with E-state index in [0.717, 1.165) is 28.3 Å². The number of fused-ring (bicyclic) bond motifs is 5. The number of alkyl halides is 3. The Hall–Kier alpha value is -4.20. The number of carbonyl (C=O) groups is 3. The molecule has 36 heavy (non-hydrogen) atoms. The lowest BCUT2D eigenvalue weighted by Gasteiger charge is -2.36. The van der Waals surface area contributed by atoms with Crippen molar-refractivity contribution in [2.24, 2.45) is 11.8 Å². The van der Waals surface area contributed by atoms with E-state index in [-0.39, 0.29) is 11.5 Å². The lowest BCUT2D eigenvalue weighted by atomic mass is 9.86. The van der Waals surface area contributed by atoms with Crippen LogP contribution in [0.5, 0.6) is 0 Å². The molecule has 0 saturated carbocycles. The Bertz CT molecular complexity index is 1430. The maximum atomic E-state index is 13.8. The highest BCUT2D eigenvalue weighted by Crippen LogP contribution is 2.50. The number of halogens is 3. The van der Waals surface area contributed by atoms with Gasteiger partial charge >= 0.3 is 6.18 Å². The molecule has 8 heteroatoms. The Labute approximate surface area is 204 Å². The third kappa shape index (κ3) is 3.21. The van der Waals surface area contributed by atoms with Gasteiger partial charge in [-0.25, -0.2) is 4.90 Å². The van der Waals surface area contributed by atoms with E-state index in [1.165, 1.54) is 12.1 Å². The summed E-state index contributed by atoms with van der Waals surface area (Å²) >= 11 is 0. The summed E-state index contributed by atoms with van der Waals surface area (Å²) in [6, 6.07) is 18.5. The molecule has 0 radical (unpaired) electrons. The quantitative estimate of drug-likeness (QED) is 0.386. The number of carbonyl (C=O) groups excluding carboxylic acids is 3. The van der Waals surface area contributed by atoms with Gasteiger partial charge < -0.3 is 4.90 Å². The van der Waals surface area contributed by atoms with Gasteiger partial charge in [-0.1, -0.05) is 66.7 Å². The lowest BCUT2D eigenvalue weighted by molar-refractivity contribution is -0.137. The summed E-state index contributed by atoms with van der Waals surface area (Å²) in [6.45, 7) is 0. The standard InChI is InChI=1S/C28H19F3N2O3/c29-28(30,31)18-10-6-11-19(15-18)32-26(35)22-21-14-13-16-7-4-5-12-20(16)33(21)24(23(22)27(32)36)25(34)17-8-2-1-3-9-17/h1-15,21-24H/t21-,22-,23+,24-/m0/s1. The highest BCUT2D eigenvalue weighted by Gasteiger charge is 2.64. The van der Waals surface area contributed by atoms with Gasteiger partial charge in [0, 0.05) is 11.3 Å². The minimum Gasteiger partial charge on any atom is -0.352 e. The van der Waals surface area contributed by atoms with Gasteiger partial charge in [0.15, 0.2) is 5.78 Å². The average molecular weight is 488 g/mol. The van der Waals surface area contributed by atoms with Crippen LogP contribution in [0.2, 0.25) is 0 Å². The fraction of sp³-hybridized carbons (Fsp3) is 0.179. The first-order chi connectivity index (χ1) is 17.3. The molecule has 0 bridgehead atoms. The first-order valence-corrected chi connectivity index (χ1v) is 11.5. The van der Waals surface area contributed by atoms with Crippen molar-refractivity contribution in [2.75, 3.05) is 9.80 Å². The van der Waals surface area contributed by atoms with Crippen LogP contribution >= 0.6 is 0 Å². The van der Waals surface area contributed by atoms with Crippen LogP contribution in [0.3, 0.4) is 0 Å². The third-order valence-corrected chi connectivity index (χ3v) is 7.17. The van der Waals surface area contributed by atoms with E-state index in [1.807, 2.05) is 35.2 Å². The molecule has 4 atom stereocenters. The van der Waals surface area contributed by atoms with Gasteiger partial charge in [-0.2, -0.15) is 13.2 Å². The number of para-hydroxylation sites is 1. The van der Waals surface area contributed by atoms with Crippen LogP contribution in [0.15, 0.2) is 84.9 Å². The molecule has 3 aromatic rings. The Morgan fingerprint density at radius 2 is 1.50 bits per heavy atom. The number of amides is 2. The molecule has 3 aliphatic heterocycles. The zero-order chi connectivity index (χ0) is 25.2. The average Bonchev–Trinajstić information content (AvgIpc) is 3.36. The number of benzene rings is 3. The summed E-state index contributed by atoms with van der Waals surface area (Å²) in [7, 11) is 0. The van der Waals surface area contributed by atoms with Crippen LogP contribution in [0.1, 0.15) is 21.5 Å². The summed E-state index contributed by atoms with van der Waals surface area (Å²) in [5, 5.41) is 0. The van der Waals surface area contributed by atoms with E-state index in [2.05, 4.69) is 0 Å². The van der Waals surface area contributed by atoms with Gasteiger partial charge in [0.05, 0.1) is 29.1 Å². The molecule has 6 rings (SSSR count). The van der Waals surface area contributed by atoms with Crippen LogP contribution in [0.4, 0.5) is 24.5 Å². The molecule has 2 saturated heterocycles. The van der Waals surface area contributed by atoms with Crippen molar-refractivity contribution in [2.45, 2.75) is 18.3 Å². The van der Waals surface area contributed by atoms with Crippen molar-refractivity contribution >= 4 is 35.0 Å². The first kappa shape index (κ1) is 22.3. The molecule has 0 aliphatic carbocycles. The van der Waals surface area contributed by atoms with Gasteiger partial charge in [0.1, 0.15) is 6.04 Å². The fourth-order valence-electron chi connectivity index (χ4n) is 5.66. The van der Waals surface area contributed by atoms with E-state index in [9.17, 15) is 27.6 Å². The second-order valence-corrected chi connectivity index (χ2v) is 9.10. The van der Waals surface area contributed by atoms with Crippen molar-refractivity contribution in [3.63, 3.8) is 0 Å². The predicted octanol–water partition coefficient (Wildman–Crippen LogP) is 4.98. The maximum Gasteiger partial charge on any atom is 0.416 e. The number of imide groups is 1. The molecule has 180 valence electrons. The molecular formula is C28H19F3N2O3. The topological polar surface area (TPSA) is 57.7 Å². The number of nitrogens with zero attached hydrogens (tertiary/aromatic N) is 2. The zero-order valence-corrected chi connectivity index (χ0v) is 18.7. The molecule has 2 fully saturated rings. The monoisotopic (exact) mass is 488 g/mol. The molecule has 0 spiro atoms. The first-order valence-electron chi connectivity index (χ1n) is 11.5. The number of rotatable bonds is 3. The predicted molar refractivity (Wildman–Crippen MR) is 127 cm³/mol. The number of Topliss-reactive ketones (excluding diaryl/α,β-unsaturated/α-hetero) is 1. The molecule has 0 aromatic heterocycles. The van der Waals surface area contributed by atoms with Crippen molar-refractivity contribution in [1.29, 1.82) is 0 Å². The number of hydrogen-bond donors (Lipinski definition) is 0. The van der Waals surface area contributed by atoms with Crippen LogP contribution in [-0.4, -0.2) is 29.7 Å². The summed E-state index contributed by atoms with van der Waals surface area (Å²) in [6.07, 6.45) is -0.969. The number of anilines is 2. The summed E-state index contributed by atoms with van der Waals surface area (Å²) in [4.78, 5) is 44.0. The van der Waals surface area contributed by atoms with Gasteiger partial charge in [0.25, 0.3) is 0 Å². The van der Waals surface area contributed by atoms with Crippen LogP contribution < -0.4 is 9.80 Å². The van der Waals surface area contributed by atoms with Crippen molar-refractivity contribution in [3.05, 3.63) is 102 Å². The van der Waals surface area contributed by atoms with E-state index in [4.69, 9.17) is 0 Å².